The first kappa shape index (κ1) is 14.1. The lowest BCUT2D eigenvalue weighted by atomic mass is 9.96. The summed E-state index contributed by atoms with van der Waals surface area (Å²) >= 11 is 0. The van der Waals surface area contributed by atoms with E-state index in [-0.39, 0.29) is 5.91 Å². The van der Waals surface area contributed by atoms with Gasteiger partial charge in [-0.2, -0.15) is 0 Å². The predicted molar refractivity (Wildman–Crippen MR) is 83.4 cm³/mol. The quantitative estimate of drug-likeness (QED) is 0.883. The van der Waals surface area contributed by atoms with Crippen LogP contribution in [0.3, 0.4) is 0 Å². The molecule has 0 spiro atoms. The number of rotatable bonds is 3. The Hall–Kier alpha value is -2.82. The van der Waals surface area contributed by atoms with Crippen molar-refractivity contribution in [2.24, 2.45) is 5.73 Å². The van der Waals surface area contributed by atoms with E-state index in [0.29, 0.717) is 17.9 Å². The molecular weight excluding hydrogens is 280 g/mol. The van der Waals surface area contributed by atoms with E-state index in [2.05, 4.69) is 0 Å². The molecule has 2 aromatic rings. The molecule has 0 saturated carbocycles. The van der Waals surface area contributed by atoms with Crippen molar-refractivity contribution in [1.29, 1.82) is 0 Å². The number of nitrogens with zero attached hydrogens (tertiary/aromatic N) is 1. The molecule has 1 aliphatic heterocycles. The van der Waals surface area contributed by atoms with E-state index in [9.17, 15) is 9.59 Å². The van der Waals surface area contributed by atoms with Crippen LogP contribution in [0.5, 0.6) is 0 Å². The predicted octanol–water partition coefficient (Wildman–Crippen LogP) is 2.37. The highest BCUT2D eigenvalue weighted by Gasteiger charge is 2.24. The zero-order chi connectivity index (χ0) is 15.5. The second-order valence-corrected chi connectivity index (χ2v) is 5.11. The molecular formula is C17H16N2O3. The highest BCUT2D eigenvalue weighted by atomic mass is 16.3. The molecule has 0 radical (unpaired) electrons. The minimum Gasteiger partial charge on any atom is -0.465 e. The van der Waals surface area contributed by atoms with Crippen molar-refractivity contribution in [3.63, 3.8) is 0 Å². The van der Waals surface area contributed by atoms with Gasteiger partial charge in [0.05, 0.1) is 6.26 Å². The summed E-state index contributed by atoms with van der Waals surface area (Å²) in [7, 11) is 0. The number of nitrogens with two attached hydrogens (primary N) is 1. The Bertz CT molecular complexity index is 732. The fourth-order valence-corrected chi connectivity index (χ4v) is 2.71. The van der Waals surface area contributed by atoms with Crippen LogP contribution in [-0.2, 0) is 11.2 Å². The first-order valence-electron chi connectivity index (χ1n) is 7.11. The Morgan fingerprint density at radius 3 is 2.82 bits per heavy atom. The molecule has 112 valence electrons. The normalized spacial score (nSPS) is 14.1. The number of carbonyl (C=O) groups is 2. The lowest BCUT2D eigenvalue weighted by Crippen LogP contribution is -2.35. The monoisotopic (exact) mass is 296 g/mol. The molecule has 2 amide bonds. The van der Waals surface area contributed by atoms with Crippen molar-refractivity contribution in [2.45, 2.75) is 12.8 Å². The molecule has 1 aromatic carbocycles. The maximum Gasteiger partial charge on any atom is 0.251 e. The summed E-state index contributed by atoms with van der Waals surface area (Å²) in [5, 5.41) is 0. The van der Waals surface area contributed by atoms with E-state index in [1.54, 1.807) is 41.5 Å². The third-order valence-electron chi connectivity index (χ3n) is 3.72. The van der Waals surface area contributed by atoms with Crippen molar-refractivity contribution in [3.05, 3.63) is 59.6 Å². The molecule has 5 nitrogen and oxygen atoms in total. The van der Waals surface area contributed by atoms with E-state index in [1.807, 2.05) is 6.07 Å². The van der Waals surface area contributed by atoms with Crippen molar-refractivity contribution in [3.8, 4) is 0 Å². The second kappa shape index (κ2) is 5.89. The molecule has 0 saturated heterocycles. The SMILES string of the molecule is NC(=O)c1cccc2c1CCCN2C(=O)/C=C/c1ccco1. The Morgan fingerprint density at radius 1 is 1.23 bits per heavy atom. The van der Waals surface area contributed by atoms with Crippen LogP contribution >= 0.6 is 0 Å². The molecule has 0 unspecified atom stereocenters. The largest absolute Gasteiger partial charge is 0.465 e. The lowest BCUT2D eigenvalue weighted by molar-refractivity contribution is -0.114. The third-order valence-corrected chi connectivity index (χ3v) is 3.72. The summed E-state index contributed by atoms with van der Waals surface area (Å²) in [4.78, 5) is 25.6. The Kier molecular flexibility index (Phi) is 3.78. The summed E-state index contributed by atoms with van der Waals surface area (Å²) in [6, 6.07) is 8.84. The van der Waals surface area contributed by atoms with Gasteiger partial charge in [-0.25, -0.2) is 0 Å². The summed E-state index contributed by atoms with van der Waals surface area (Å²) in [5.74, 6) is 0.0210. The average Bonchev–Trinajstić information content (AvgIpc) is 3.04. The molecule has 1 aliphatic rings. The van der Waals surface area contributed by atoms with E-state index in [4.69, 9.17) is 10.2 Å². The van der Waals surface area contributed by atoms with Crippen LogP contribution < -0.4 is 10.6 Å². The molecule has 2 heterocycles. The van der Waals surface area contributed by atoms with Gasteiger partial charge in [-0.05, 0) is 48.7 Å². The van der Waals surface area contributed by atoms with Gasteiger partial charge in [-0.3, -0.25) is 9.59 Å². The van der Waals surface area contributed by atoms with E-state index in [1.165, 1.54) is 6.08 Å². The minimum atomic E-state index is -0.461. The molecule has 2 N–H and O–H groups in total. The standard InChI is InChI=1S/C17H16N2O3/c18-17(21)14-5-1-7-15-13(14)6-2-10-19(15)16(20)9-8-12-4-3-11-22-12/h1,3-5,7-9,11H,2,6,10H2,(H2,18,21)/b9-8+. The number of benzene rings is 1. The highest BCUT2D eigenvalue weighted by Crippen LogP contribution is 2.30. The van der Waals surface area contributed by atoms with Crippen molar-refractivity contribution in [1.82, 2.24) is 0 Å². The molecule has 0 bridgehead atoms. The number of hydrogen-bond donors (Lipinski definition) is 1. The number of furan rings is 1. The Labute approximate surface area is 128 Å². The summed E-state index contributed by atoms with van der Waals surface area (Å²) < 4.78 is 5.17. The number of amides is 2. The maximum atomic E-state index is 12.4. The first-order chi connectivity index (χ1) is 10.7. The van der Waals surface area contributed by atoms with Gasteiger partial charge in [0.25, 0.3) is 5.91 Å². The topological polar surface area (TPSA) is 76.5 Å². The third kappa shape index (κ3) is 2.65. The van der Waals surface area contributed by atoms with Crippen LogP contribution in [0.2, 0.25) is 0 Å². The van der Waals surface area contributed by atoms with Gasteiger partial charge in [-0.1, -0.05) is 6.07 Å². The Balaban J connectivity index is 1.90. The molecule has 0 atom stereocenters. The lowest BCUT2D eigenvalue weighted by Gasteiger charge is -2.29. The van der Waals surface area contributed by atoms with Gasteiger partial charge in [0, 0.05) is 23.9 Å². The second-order valence-electron chi connectivity index (χ2n) is 5.11. The molecule has 1 aromatic heterocycles. The van der Waals surface area contributed by atoms with Gasteiger partial charge >= 0.3 is 0 Å². The van der Waals surface area contributed by atoms with Gasteiger partial charge < -0.3 is 15.1 Å². The number of hydrogen-bond acceptors (Lipinski definition) is 3. The van der Waals surface area contributed by atoms with Crippen LogP contribution in [0.4, 0.5) is 5.69 Å². The average molecular weight is 296 g/mol. The number of fused-ring (bicyclic) bond motifs is 1. The first-order valence-corrected chi connectivity index (χ1v) is 7.11. The number of anilines is 1. The van der Waals surface area contributed by atoms with E-state index < -0.39 is 5.91 Å². The Morgan fingerprint density at radius 2 is 2.09 bits per heavy atom. The van der Waals surface area contributed by atoms with Crippen LogP contribution in [-0.4, -0.2) is 18.4 Å². The van der Waals surface area contributed by atoms with Crippen LogP contribution in [0.1, 0.15) is 28.1 Å². The fraction of sp³-hybridized carbons (Fsp3) is 0.176. The smallest absolute Gasteiger partial charge is 0.251 e. The zero-order valence-electron chi connectivity index (χ0n) is 12.0. The van der Waals surface area contributed by atoms with Crippen LogP contribution in [0.25, 0.3) is 6.08 Å². The molecule has 0 aliphatic carbocycles. The fourth-order valence-electron chi connectivity index (χ4n) is 2.71. The summed E-state index contributed by atoms with van der Waals surface area (Å²) in [6.45, 7) is 0.622. The molecule has 3 rings (SSSR count). The van der Waals surface area contributed by atoms with Gasteiger partial charge in [0.1, 0.15) is 5.76 Å². The van der Waals surface area contributed by atoms with Crippen molar-refractivity contribution >= 4 is 23.6 Å². The summed E-state index contributed by atoms with van der Waals surface area (Å²) in [6.07, 6.45) is 6.22. The maximum absolute atomic E-state index is 12.4. The number of carbonyl (C=O) groups excluding carboxylic acids is 2. The molecule has 5 heteroatoms. The van der Waals surface area contributed by atoms with E-state index in [0.717, 1.165) is 24.1 Å². The minimum absolute atomic E-state index is 0.140. The van der Waals surface area contributed by atoms with Gasteiger partial charge in [0.15, 0.2) is 0 Å². The highest BCUT2D eigenvalue weighted by molar-refractivity contribution is 6.06. The van der Waals surface area contributed by atoms with Gasteiger partial charge in [0.2, 0.25) is 5.91 Å². The summed E-state index contributed by atoms with van der Waals surface area (Å²) in [5.41, 5.74) is 7.51. The van der Waals surface area contributed by atoms with Crippen molar-refractivity contribution < 1.29 is 14.0 Å². The van der Waals surface area contributed by atoms with E-state index >= 15 is 0 Å². The zero-order valence-corrected chi connectivity index (χ0v) is 12.0. The molecule has 22 heavy (non-hydrogen) atoms. The molecule has 0 fully saturated rings. The van der Waals surface area contributed by atoms with Crippen molar-refractivity contribution in [2.75, 3.05) is 11.4 Å². The van der Waals surface area contributed by atoms with Crippen LogP contribution in [0, 0.1) is 0 Å². The number of primary amides is 1. The van der Waals surface area contributed by atoms with Gasteiger partial charge in [-0.15, -0.1) is 0 Å². The van der Waals surface area contributed by atoms with Crippen LogP contribution in [0.15, 0.2) is 47.1 Å².